The highest BCUT2D eigenvalue weighted by molar-refractivity contribution is 7.89. The molecular weight excluding hydrogens is 314 g/mol. The number of rotatable bonds is 6. The summed E-state index contributed by atoms with van der Waals surface area (Å²) in [5.74, 6) is -0.739. The summed E-state index contributed by atoms with van der Waals surface area (Å²) in [7, 11) is -2.46. The van der Waals surface area contributed by atoms with E-state index in [4.69, 9.17) is 4.74 Å². The normalized spacial score (nSPS) is 12.8. The smallest absolute Gasteiger partial charge is 0.327 e. The Morgan fingerprint density at radius 2 is 1.95 bits per heavy atom. The average Bonchev–Trinajstić information content (AvgIpc) is 2.98. The highest BCUT2D eigenvalue weighted by Gasteiger charge is 2.27. The Kier molecular flexibility index (Phi) is 4.61. The molecule has 0 saturated heterocycles. The Labute approximate surface area is 126 Å². The fourth-order valence-electron chi connectivity index (χ4n) is 1.66. The Balaban J connectivity index is 2.28. The zero-order chi connectivity index (χ0) is 15.5. The highest BCUT2D eigenvalue weighted by Crippen LogP contribution is 2.22. The van der Waals surface area contributed by atoms with Crippen molar-refractivity contribution >= 4 is 27.3 Å². The van der Waals surface area contributed by atoms with Crippen LogP contribution in [0.1, 0.15) is 10.9 Å². The van der Waals surface area contributed by atoms with Gasteiger partial charge < -0.3 is 9.84 Å². The number of hydrogen-bond donors (Lipinski definition) is 2. The molecule has 1 unspecified atom stereocenters. The van der Waals surface area contributed by atoms with Crippen LogP contribution in [0.5, 0.6) is 5.75 Å². The Morgan fingerprint density at radius 1 is 1.29 bits per heavy atom. The van der Waals surface area contributed by atoms with Crippen LogP contribution < -0.4 is 9.46 Å². The lowest BCUT2D eigenvalue weighted by molar-refractivity contribution is -0.139. The van der Waals surface area contributed by atoms with Crippen LogP contribution in [0.15, 0.2) is 46.7 Å². The van der Waals surface area contributed by atoms with Gasteiger partial charge in [-0.25, -0.2) is 8.42 Å². The van der Waals surface area contributed by atoms with Crippen LogP contribution in [0, 0.1) is 0 Å². The van der Waals surface area contributed by atoms with Gasteiger partial charge >= 0.3 is 5.97 Å². The number of thiophene rings is 1. The molecule has 1 heterocycles. The number of carbonyl (C=O) groups is 1. The zero-order valence-electron chi connectivity index (χ0n) is 11.0. The third kappa shape index (κ3) is 3.60. The number of nitrogens with one attached hydrogen (secondary N) is 1. The van der Waals surface area contributed by atoms with Gasteiger partial charge in [-0.1, -0.05) is 6.07 Å². The first kappa shape index (κ1) is 15.5. The Morgan fingerprint density at radius 3 is 2.43 bits per heavy atom. The molecule has 0 spiro atoms. The van der Waals surface area contributed by atoms with Crippen LogP contribution in [0.4, 0.5) is 0 Å². The zero-order valence-corrected chi connectivity index (χ0v) is 12.6. The minimum Gasteiger partial charge on any atom is -0.497 e. The molecule has 1 atom stereocenters. The summed E-state index contributed by atoms with van der Waals surface area (Å²) >= 11 is 1.17. The predicted molar refractivity (Wildman–Crippen MR) is 78.0 cm³/mol. The van der Waals surface area contributed by atoms with Crippen molar-refractivity contribution < 1.29 is 23.1 Å². The maximum Gasteiger partial charge on any atom is 0.327 e. The largest absolute Gasteiger partial charge is 0.497 e. The molecule has 0 amide bonds. The van der Waals surface area contributed by atoms with Crippen LogP contribution in [0.2, 0.25) is 0 Å². The molecule has 112 valence electrons. The first-order valence-electron chi connectivity index (χ1n) is 5.86. The summed E-state index contributed by atoms with van der Waals surface area (Å²) < 4.78 is 31.6. The van der Waals surface area contributed by atoms with E-state index >= 15 is 0 Å². The van der Waals surface area contributed by atoms with Crippen LogP contribution in [0.25, 0.3) is 0 Å². The van der Waals surface area contributed by atoms with Crippen molar-refractivity contribution in [2.45, 2.75) is 10.9 Å². The van der Waals surface area contributed by atoms with Gasteiger partial charge in [-0.15, -0.1) is 11.3 Å². The van der Waals surface area contributed by atoms with Crippen molar-refractivity contribution in [1.29, 1.82) is 0 Å². The number of carboxylic acid groups (broad SMARTS) is 1. The van der Waals surface area contributed by atoms with E-state index in [1.807, 2.05) is 0 Å². The molecule has 0 aliphatic heterocycles. The predicted octanol–water partition coefficient (Wildman–Crippen LogP) is 1.86. The summed E-state index contributed by atoms with van der Waals surface area (Å²) in [6, 6.07) is 7.63. The lowest BCUT2D eigenvalue weighted by atomic mass is 10.3. The van der Waals surface area contributed by atoms with E-state index in [1.54, 1.807) is 17.5 Å². The summed E-state index contributed by atoms with van der Waals surface area (Å²) in [6.45, 7) is 0. The molecule has 0 fully saturated rings. The van der Waals surface area contributed by atoms with Gasteiger partial charge in [0, 0.05) is 4.88 Å². The lowest BCUT2D eigenvalue weighted by Crippen LogP contribution is -2.33. The van der Waals surface area contributed by atoms with E-state index in [0.717, 1.165) is 0 Å². The Hall–Kier alpha value is -1.90. The summed E-state index contributed by atoms with van der Waals surface area (Å²) in [6.07, 6.45) is 0. The van der Waals surface area contributed by atoms with Gasteiger partial charge in [0.05, 0.1) is 12.0 Å². The van der Waals surface area contributed by atoms with Gasteiger partial charge in [0.15, 0.2) is 6.04 Å². The number of methoxy groups -OCH3 is 1. The second-order valence-electron chi connectivity index (χ2n) is 4.08. The molecule has 6 nitrogen and oxygen atoms in total. The molecule has 2 N–H and O–H groups in total. The summed E-state index contributed by atoms with van der Waals surface area (Å²) in [5, 5.41) is 10.9. The quantitative estimate of drug-likeness (QED) is 0.845. The maximum absolute atomic E-state index is 12.2. The van der Waals surface area contributed by atoms with Crippen molar-refractivity contribution in [3.63, 3.8) is 0 Å². The van der Waals surface area contributed by atoms with Gasteiger partial charge in [-0.2, -0.15) is 4.72 Å². The van der Waals surface area contributed by atoms with E-state index in [0.29, 0.717) is 10.6 Å². The molecule has 0 radical (unpaired) electrons. The molecule has 1 aromatic heterocycles. The summed E-state index contributed by atoms with van der Waals surface area (Å²) in [4.78, 5) is 11.7. The molecule has 0 aliphatic carbocycles. The molecule has 8 heteroatoms. The third-order valence-electron chi connectivity index (χ3n) is 2.72. The maximum atomic E-state index is 12.2. The van der Waals surface area contributed by atoms with Crippen molar-refractivity contribution in [2.75, 3.05) is 7.11 Å². The number of sulfonamides is 1. The van der Waals surface area contributed by atoms with E-state index in [2.05, 4.69) is 4.72 Å². The fraction of sp³-hybridized carbons (Fsp3) is 0.154. The fourth-order valence-corrected chi connectivity index (χ4v) is 3.67. The van der Waals surface area contributed by atoms with E-state index in [-0.39, 0.29) is 4.90 Å². The second-order valence-corrected chi connectivity index (χ2v) is 6.78. The lowest BCUT2D eigenvalue weighted by Gasteiger charge is -2.13. The van der Waals surface area contributed by atoms with Crippen LogP contribution in [-0.4, -0.2) is 26.6 Å². The minimum atomic E-state index is -3.94. The highest BCUT2D eigenvalue weighted by atomic mass is 32.2. The molecule has 21 heavy (non-hydrogen) atoms. The number of carboxylic acids is 1. The molecule has 2 aromatic rings. The molecule has 0 saturated carbocycles. The molecule has 0 bridgehead atoms. The average molecular weight is 327 g/mol. The van der Waals surface area contributed by atoms with Crippen molar-refractivity contribution in [3.05, 3.63) is 46.7 Å². The molecule has 1 aromatic carbocycles. The van der Waals surface area contributed by atoms with Crippen LogP contribution in [0.3, 0.4) is 0 Å². The van der Waals surface area contributed by atoms with Crippen LogP contribution >= 0.6 is 11.3 Å². The van der Waals surface area contributed by atoms with Gasteiger partial charge in [-0.05, 0) is 35.7 Å². The van der Waals surface area contributed by atoms with Crippen molar-refractivity contribution in [1.82, 2.24) is 4.72 Å². The van der Waals surface area contributed by atoms with Gasteiger partial charge in [0.2, 0.25) is 10.0 Å². The number of hydrogen-bond acceptors (Lipinski definition) is 5. The Bertz CT molecular complexity index is 708. The number of benzene rings is 1. The first-order chi connectivity index (χ1) is 9.94. The number of aliphatic carboxylic acids is 1. The monoisotopic (exact) mass is 327 g/mol. The second kappa shape index (κ2) is 6.25. The van der Waals surface area contributed by atoms with Crippen molar-refractivity contribution in [2.24, 2.45) is 0 Å². The standard InChI is InChI=1S/C13H13NO5S2/c1-19-9-4-6-10(7-5-9)21(17,18)14-12(13(15)16)11-3-2-8-20-11/h2-8,12,14H,1H3,(H,15,16). The van der Waals surface area contributed by atoms with Gasteiger partial charge in [-0.3, -0.25) is 4.79 Å². The van der Waals surface area contributed by atoms with Crippen molar-refractivity contribution in [3.8, 4) is 5.75 Å². The van der Waals surface area contributed by atoms with Crippen LogP contribution in [-0.2, 0) is 14.8 Å². The van der Waals surface area contributed by atoms with E-state index in [9.17, 15) is 18.3 Å². The first-order valence-corrected chi connectivity index (χ1v) is 8.23. The molecule has 2 rings (SSSR count). The third-order valence-corrected chi connectivity index (χ3v) is 5.09. The topological polar surface area (TPSA) is 92.7 Å². The van der Waals surface area contributed by atoms with Gasteiger partial charge in [0.25, 0.3) is 0 Å². The molecule has 0 aliphatic rings. The van der Waals surface area contributed by atoms with E-state index in [1.165, 1.54) is 42.7 Å². The number of ether oxygens (including phenoxy) is 1. The molecular formula is C13H13NO5S2. The van der Waals surface area contributed by atoms with E-state index < -0.39 is 22.0 Å². The van der Waals surface area contributed by atoms with Gasteiger partial charge in [0.1, 0.15) is 5.75 Å². The SMILES string of the molecule is COc1ccc(S(=O)(=O)NC(C(=O)O)c2cccs2)cc1. The minimum absolute atomic E-state index is 0.0221. The summed E-state index contributed by atoms with van der Waals surface area (Å²) in [5.41, 5.74) is 0.